The molecule has 0 spiro atoms. The number of hydrogen-bond acceptors (Lipinski definition) is 1. The summed E-state index contributed by atoms with van der Waals surface area (Å²) in [6.45, 7) is 5.12. The number of carbonyl (C=O) groups is 1. The lowest BCUT2D eigenvalue weighted by molar-refractivity contribution is -0.670. The van der Waals surface area contributed by atoms with Gasteiger partial charge in [-0.25, -0.2) is 9.36 Å². The maximum absolute atomic E-state index is 12.2. The maximum atomic E-state index is 12.2. The molecule has 90 valence electrons. The van der Waals surface area contributed by atoms with E-state index in [1.54, 1.807) is 17.1 Å². The molecule has 4 nitrogen and oxygen atoms in total. The molecule has 1 aliphatic heterocycles. The molecular weight excluding hydrogens is 317 g/mol. The molecule has 0 atom stereocenters. The number of halogens is 1. The van der Waals surface area contributed by atoms with Crippen LogP contribution in [-0.2, 0) is 7.05 Å². The average molecular weight is 335 g/mol. The molecule has 2 rings (SSSR count). The fourth-order valence-electron chi connectivity index (χ4n) is 2.16. The zero-order valence-corrected chi connectivity index (χ0v) is 12.1. The standard InChI is InChI=1S/C11H18N3O.HI/c1-11(2)5-4-6-14(11)10(15)13-8-7-12(3)9-13;/h7-9H,4-6H2,1-3H3;1H/q+1;/p-1. The number of likely N-dealkylation sites (tertiary alicyclic amines) is 1. The number of amides is 1. The van der Waals surface area contributed by atoms with E-state index in [4.69, 9.17) is 0 Å². The molecule has 2 heterocycles. The van der Waals surface area contributed by atoms with Crippen molar-refractivity contribution in [2.45, 2.75) is 32.2 Å². The van der Waals surface area contributed by atoms with Gasteiger partial charge in [0.2, 0.25) is 0 Å². The zero-order chi connectivity index (χ0) is 11.1. The van der Waals surface area contributed by atoms with Crippen molar-refractivity contribution in [2.24, 2.45) is 7.05 Å². The van der Waals surface area contributed by atoms with Crippen LogP contribution >= 0.6 is 0 Å². The molecule has 0 bridgehead atoms. The van der Waals surface area contributed by atoms with Crippen LogP contribution in [0.15, 0.2) is 18.7 Å². The van der Waals surface area contributed by atoms with E-state index in [0.29, 0.717) is 0 Å². The van der Waals surface area contributed by atoms with Gasteiger partial charge in [-0.1, -0.05) is 0 Å². The normalized spacial score (nSPS) is 18.3. The van der Waals surface area contributed by atoms with Crippen LogP contribution in [-0.4, -0.2) is 27.6 Å². The summed E-state index contributed by atoms with van der Waals surface area (Å²) in [4.78, 5) is 14.1. The summed E-state index contributed by atoms with van der Waals surface area (Å²) in [5.74, 6) is 0. The highest BCUT2D eigenvalue weighted by Crippen LogP contribution is 2.28. The van der Waals surface area contributed by atoms with E-state index < -0.39 is 0 Å². The van der Waals surface area contributed by atoms with E-state index in [1.165, 1.54) is 0 Å². The van der Waals surface area contributed by atoms with Crippen LogP contribution in [0.1, 0.15) is 26.7 Å². The molecule has 0 radical (unpaired) electrons. The van der Waals surface area contributed by atoms with Gasteiger partial charge in [0.1, 0.15) is 12.4 Å². The third-order valence-electron chi connectivity index (χ3n) is 3.12. The Kier molecular flexibility index (Phi) is 3.98. The quantitative estimate of drug-likeness (QED) is 0.405. The Bertz CT molecular complexity index is 386. The number of aryl methyl sites for hydroxylation is 1. The average Bonchev–Trinajstić information content (AvgIpc) is 2.70. The minimum absolute atomic E-state index is 0. The molecule has 0 N–H and O–H groups in total. The molecule has 16 heavy (non-hydrogen) atoms. The van der Waals surface area contributed by atoms with Crippen molar-refractivity contribution in [1.29, 1.82) is 0 Å². The Morgan fingerprint density at radius 2 is 2.12 bits per heavy atom. The summed E-state index contributed by atoms with van der Waals surface area (Å²) in [7, 11) is 1.92. The Labute approximate surface area is 113 Å². The highest BCUT2D eigenvalue weighted by molar-refractivity contribution is 5.77. The van der Waals surface area contributed by atoms with Crippen molar-refractivity contribution < 1.29 is 33.3 Å². The van der Waals surface area contributed by atoms with Crippen LogP contribution in [0, 0.1) is 0 Å². The lowest BCUT2D eigenvalue weighted by Crippen LogP contribution is -3.00. The van der Waals surface area contributed by atoms with Crippen molar-refractivity contribution in [3.05, 3.63) is 18.7 Å². The summed E-state index contributed by atoms with van der Waals surface area (Å²) in [6, 6.07) is 0.0816. The second kappa shape index (κ2) is 4.73. The summed E-state index contributed by atoms with van der Waals surface area (Å²) < 4.78 is 3.52. The number of imidazole rings is 1. The van der Waals surface area contributed by atoms with E-state index in [2.05, 4.69) is 13.8 Å². The first-order valence-electron chi connectivity index (χ1n) is 5.36. The van der Waals surface area contributed by atoms with E-state index >= 15 is 0 Å². The van der Waals surface area contributed by atoms with E-state index in [-0.39, 0.29) is 35.5 Å². The molecule has 0 unspecified atom stereocenters. The first kappa shape index (κ1) is 13.5. The molecule has 5 heteroatoms. The molecule has 1 aliphatic rings. The summed E-state index contributed by atoms with van der Waals surface area (Å²) >= 11 is 0. The van der Waals surface area contributed by atoms with Crippen molar-refractivity contribution in [3.8, 4) is 0 Å². The number of aromatic nitrogens is 2. The van der Waals surface area contributed by atoms with Crippen LogP contribution in [0.4, 0.5) is 4.79 Å². The Hall–Kier alpha value is -0.590. The molecule has 1 saturated heterocycles. The molecular formula is C11H18IN3O. The predicted octanol–water partition coefficient (Wildman–Crippen LogP) is -1.84. The smallest absolute Gasteiger partial charge is 0.416 e. The summed E-state index contributed by atoms with van der Waals surface area (Å²) in [5, 5.41) is 0. The molecule has 1 fully saturated rings. The maximum Gasteiger partial charge on any atom is 0.416 e. The second-order valence-corrected chi connectivity index (χ2v) is 4.84. The van der Waals surface area contributed by atoms with Gasteiger partial charge in [0.25, 0.3) is 6.33 Å². The van der Waals surface area contributed by atoms with Crippen LogP contribution in [0.25, 0.3) is 0 Å². The summed E-state index contributed by atoms with van der Waals surface area (Å²) in [6.07, 6.45) is 7.67. The Morgan fingerprint density at radius 3 is 2.56 bits per heavy atom. The van der Waals surface area contributed by atoms with E-state index in [9.17, 15) is 4.79 Å². The van der Waals surface area contributed by atoms with Crippen LogP contribution in [0.5, 0.6) is 0 Å². The highest BCUT2D eigenvalue weighted by Gasteiger charge is 2.38. The van der Waals surface area contributed by atoms with Gasteiger partial charge in [0.15, 0.2) is 0 Å². The van der Waals surface area contributed by atoms with Crippen LogP contribution < -0.4 is 28.5 Å². The monoisotopic (exact) mass is 335 g/mol. The second-order valence-electron chi connectivity index (χ2n) is 4.84. The molecule has 1 aromatic rings. The van der Waals surface area contributed by atoms with E-state index in [1.807, 2.05) is 22.7 Å². The van der Waals surface area contributed by atoms with Gasteiger partial charge in [-0.2, -0.15) is 4.57 Å². The third kappa shape index (κ3) is 2.39. The van der Waals surface area contributed by atoms with Gasteiger partial charge >= 0.3 is 6.03 Å². The Balaban J connectivity index is 0.00000128. The van der Waals surface area contributed by atoms with Gasteiger partial charge < -0.3 is 24.0 Å². The van der Waals surface area contributed by atoms with Crippen molar-refractivity contribution in [3.63, 3.8) is 0 Å². The van der Waals surface area contributed by atoms with Gasteiger partial charge in [-0.15, -0.1) is 0 Å². The number of nitrogens with zero attached hydrogens (tertiary/aromatic N) is 3. The fourth-order valence-corrected chi connectivity index (χ4v) is 2.16. The number of rotatable bonds is 0. The number of carbonyl (C=O) groups excluding carboxylic acids is 1. The largest absolute Gasteiger partial charge is 1.00 e. The lowest BCUT2D eigenvalue weighted by Gasteiger charge is -2.29. The topological polar surface area (TPSA) is 29.1 Å². The van der Waals surface area contributed by atoms with Crippen LogP contribution in [0.2, 0.25) is 0 Å². The lowest BCUT2D eigenvalue weighted by atomic mass is 10.0. The first-order valence-corrected chi connectivity index (χ1v) is 5.36. The third-order valence-corrected chi connectivity index (χ3v) is 3.12. The molecule has 0 saturated carbocycles. The van der Waals surface area contributed by atoms with Crippen molar-refractivity contribution in [1.82, 2.24) is 9.47 Å². The highest BCUT2D eigenvalue weighted by atomic mass is 127. The zero-order valence-electron chi connectivity index (χ0n) is 9.98. The molecule has 0 aromatic carbocycles. The summed E-state index contributed by atoms with van der Waals surface area (Å²) in [5.41, 5.74) is -0.0000746. The van der Waals surface area contributed by atoms with Gasteiger partial charge in [0, 0.05) is 12.1 Å². The molecule has 1 amide bonds. The van der Waals surface area contributed by atoms with E-state index in [0.717, 1.165) is 19.4 Å². The Morgan fingerprint density at radius 1 is 1.44 bits per heavy atom. The number of hydrogen-bond donors (Lipinski definition) is 0. The van der Waals surface area contributed by atoms with Gasteiger partial charge in [0.05, 0.1) is 7.05 Å². The SMILES string of the molecule is C[n+]1ccn(C(=O)N2CCCC2(C)C)c1.[I-]. The van der Waals surface area contributed by atoms with Crippen molar-refractivity contribution in [2.75, 3.05) is 6.54 Å². The van der Waals surface area contributed by atoms with Crippen molar-refractivity contribution >= 4 is 6.03 Å². The van der Waals surface area contributed by atoms with Gasteiger partial charge in [-0.3, -0.25) is 4.90 Å². The van der Waals surface area contributed by atoms with Gasteiger partial charge in [-0.05, 0) is 26.7 Å². The fraction of sp³-hybridized carbons (Fsp3) is 0.636. The predicted molar refractivity (Wildman–Crippen MR) is 56.4 cm³/mol. The van der Waals surface area contributed by atoms with Crippen LogP contribution in [0.3, 0.4) is 0 Å². The molecule has 0 aliphatic carbocycles. The minimum Gasteiger partial charge on any atom is -1.00 e. The minimum atomic E-state index is -0.0000746. The molecule has 1 aromatic heterocycles. The first-order chi connectivity index (χ1) is 7.00.